The normalized spacial score (nSPS) is 10.6. The molecule has 2 heterocycles. The molecule has 8 heteroatoms. The van der Waals surface area contributed by atoms with Gasteiger partial charge in [-0.15, -0.1) is 0 Å². The Balaban J connectivity index is 1.92. The van der Waals surface area contributed by atoms with Crippen molar-refractivity contribution in [3.8, 4) is 0 Å². The van der Waals surface area contributed by atoms with Gasteiger partial charge in [0.2, 0.25) is 0 Å². The summed E-state index contributed by atoms with van der Waals surface area (Å²) in [4.78, 5) is 47.0. The molecule has 2 aromatic heterocycles. The van der Waals surface area contributed by atoms with E-state index in [1.165, 1.54) is 23.1 Å². The van der Waals surface area contributed by atoms with Crippen molar-refractivity contribution in [1.29, 1.82) is 0 Å². The minimum atomic E-state index is -0.548. The number of carbonyl (C=O) groups excluding carboxylic acids is 3. The highest BCUT2D eigenvalue weighted by Gasteiger charge is 2.26. The number of rotatable bonds is 8. The number of hydrogen-bond acceptors (Lipinski definition) is 5. The average molecular weight is 437 g/mol. The molecule has 1 amide bonds. The fraction of sp³-hybridized carbons (Fsp3) is 0.250. The summed E-state index contributed by atoms with van der Waals surface area (Å²) in [5.41, 5.74) is 2.21. The van der Waals surface area contributed by atoms with Crippen molar-refractivity contribution in [3.05, 3.63) is 88.3 Å². The lowest BCUT2D eigenvalue weighted by molar-refractivity contribution is 0.0519. The molecule has 0 bridgehead atoms. The molecule has 0 atom stereocenters. The van der Waals surface area contributed by atoms with Gasteiger partial charge >= 0.3 is 5.97 Å². The van der Waals surface area contributed by atoms with E-state index in [-0.39, 0.29) is 36.7 Å². The predicted molar refractivity (Wildman–Crippen MR) is 116 cm³/mol. The minimum absolute atomic E-state index is 0.0647. The lowest BCUT2D eigenvalue weighted by Crippen LogP contribution is -2.36. The zero-order valence-corrected chi connectivity index (χ0v) is 18.1. The Labute approximate surface area is 185 Å². The topological polar surface area (TPSA) is 92.4 Å². The van der Waals surface area contributed by atoms with Gasteiger partial charge in [0.1, 0.15) is 11.5 Å². The molecule has 0 aliphatic heterocycles. The van der Waals surface area contributed by atoms with Crippen molar-refractivity contribution < 1.29 is 23.5 Å². The summed E-state index contributed by atoms with van der Waals surface area (Å²) in [5, 5.41) is 0. The molecule has 0 saturated heterocycles. The number of pyridine rings is 1. The number of esters is 1. The van der Waals surface area contributed by atoms with Crippen LogP contribution in [-0.2, 0) is 11.3 Å². The molecule has 166 valence electrons. The summed E-state index contributed by atoms with van der Waals surface area (Å²) in [6, 6.07) is 10.6. The van der Waals surface area contributed by atoms with Crippen molar-refractivity contribution in [2.75, 3.05) is 13.2 Å². The van der Waals surface area contributed by atoms with Crippen LogP contribution in [0.2, 0.25) is 0 Å². The van der Waals surface area contributed by atoms with Gasteiger partial charge in [-0.2, -0.15) is 0 Å². The van der Waals surface area contributed by atoms with Crippen molar-refractivity contribution in [3.63, 3.8) is 0 Å². The molecule has 0 fully saturated rings. The first-order valence-corrected chi connectivity index (χ1v) is 10.2. The van der Waals surface area contributed by atoms with Crippen LogP contribution in [0.25, 0.3) is 0 Å². The van der Waals surface area contributed by atoms with Crippen LogP contribution in [0.1, 0.15) is 55.1 Å². The van der Waals surface area contributed by atoms with Gasteiger partial charge in [-0.1, -0.05) is 12.1 Å². The maximum absolute atomic E-state index is 13.7. The first-order chi connectivity index (χ1) is 15.3. The third-order valence-corrected chi connectivity index (χ3v) is 4.97. The van der Waals surface area contributed by atoms with E-state index in [9.17, 15) is 18.8 Å². The Morgan fingerprint density at radius 3 is 2.56 bits per heavy atom. The highest BCUT2D eigenvalue weighted by atomic mass is 19.1. The Kier molecular flexibility index (Phi) is 7.14. The number of ether oxygens (including phenoxy) is 1. The fourth-order valence-corrected chi connectivity index (χ4v) is 3.52. The molecular formula is C24H24FN3O4. The number of aromatic nitrogens is 2. The summed E-state index contributed by atoms with van der Waals surface area (Å²) in [6.07, 6.45) is 1.59. The van der Waals surface area contributed by atoms with Gasteiger partial charge in [0.05, 0.1) is 25.4 Å². The summed E-state index contributed by atoms with van der Waals surface area (Å²) in [5.74, 6) is -1.95. The number of halogens is 1. The number of H-pyrrole nitrogens is 1. The summed E-state index contributed by atoms with van der Waals surface area (Å²) in [6.45, 7) is 5.03. The minimum Gasteiger partial charge on any atom is -0.461 e. The SMILES string of the molecule is CCOC(=O)c1[nH]c(C)c(C(=O)CN(Cc2ccccn2)C(=O)c2cccc(F)c2)c1C. The Morgan fingerprint density at radius 1 is 1.12 bits per heavy atom. The van der Waals surface area contributed by atoms with Crippen LogP contribution in [0.15, 0.2) is 48.7 Å². The van der Waals surface area contributed by atoms with E-state index in [4.69, 9.17) is 4.74 Å². The number of carbonyl (C=O) groups is 3. The van der Waals surface area contributed by atoms with Gasteiger partial charge in [0.25, 0.3) is 5.91 Å². The first-order valence-electron chi connectivity index (χ1n) is 10.2. The number of benzene rings is 1. The Bertz CT molecular complexity index is 1140. The number of amides is 1. The summed E-state index contributed by atoms with van der Waals surface area (Å²) in [7, 11) is 0. The molecule has 1 aromatic carbocycles. The van der Waals surface area contributed by atoms with Crippen molar-refractivity contribution in [2.45, 2.75) is 27.3 Å². The van der Waals surface area contributed by atoms with Gasteiger partial charge in [0.15, 0.2) is 5.78 Å². The van der Waals surface area contributed by atoms with Crippen LogP contribution in [-0.4, -0.2) is 45.7 Å². The van der Waals surface area contributed by atoms with Gasteiger partial charge in [-0.3, -0.25) is 14.6 Å². The molecule has 32 heavy (non-hydrogen) atoms. The number of Topliss-reactive ketones (excluding diaryl/α,β-unsaturated/α-hetero) is 1. The molecule has 0 aliphatic rings. The first kappa shape index (κ1) is 22.9. The van der Waals surface area contributed by atoms with E-state index in [0.29, 0.717) is 22.5 Å². The second-order valence-electron chi connectivity index (χ2n) is 7.26. The molecule has 0 spiro atoms. The van der Waals surface area contributed by atoms with Crippen LogP contribution < -0.4 is 0 Å². The summed E-state index contributed by atoms with van der Waals surface area (Å²) >= 11 is 0. The molecule has 7 nitrogen and oxygen atoms in total. The number of nitrogens with zero attached hydrogens (tertiary/aromatic N) is 2. The molecule has 1 N–H and O–H groups in total. The van der Waals surface area contributed by atoms with Crippen LogP contribution in [0.3, 0.4) is 0 Å². The second-order valence-corrected chi connectivity index (χ2v) is 7.26. The largest absolute Gasteiger partial charge is 0.461 e. The maximum Gasteiger partial charge on any atom is 0.355 e. The molecule has 3 rings (SSSR count). The van der Waals surface area contributed by atoms with E-state index in [0.717, 1.165) is 6.07 Å². The second kappa shape index (κ2) is 10.00. The number of aromatic amines is 1. The van der Waals surface area contributed by atoms with E-state index in [1.54, 1.807) is 45.2 Å². The standard InChI is InChI=1S/C24H24FN3O4/c1-4-32-24(31)22-15(2)21(16(3)27-22)20(29)14-28(13-19-10-5-6-11-26-19)23(30)17-8-7-9-18(25)12-17/h5-12,27H,4,13-14H2,1-3H3. The molecule has 0 radical (unpaired) electrons. The summed E-state index contributed by atoms with van der Waals surface area (Å²) < 4.78 is 18.7. The molecular weight excluding hydrogens is 413 g/mol. The third kappa shape index (κ3) is 5.08. The smallest absolute Gasteiger partial charge is 0.355 e. The van der Waals surface area contributed by atoms with Crippen LogP contribution >= 0.6 is 0 Å². The predicted octanol–water partition coefficient (Wildman–Crippen LogP) is 3.87. The Morgan fingerprint density at radius 2 is 1.91 bits per heavy atom. The van der Waals surface area contributed by atoms with Crippen LogP contribution in [0, 0.1) is 19.7 Å². The number of ketones is 1. The lowest BCUT2D eigenvalue weighted by Gasteiger charge is -2.22. The van der Waals surface area contributed by atoms with Crippen molar-refractivity contribution in [2.24, 2.45) is 0 Å². The zero-order chi connectivity index (χ0) is 23.3. The zero-order valence-electron chi connectivity index (χ0n) is 18.1. The van der Waals surface area contributed by atoms with Gasteiger partial charge in [0, 0.05) is 23.0 Å². The Hall–Kier alpha value is -3.81. The van der Waals surface area contributed by atoms with Gasteiger partial charge < -0.3 is 14.6 Å². The molecule has 0 saturated carbocycles. The monoisotopic (exact) mass is 437 g/mol. The number of nitrogens with one attached hydrogen (secondary N) is 1. The van der Waals surface area contributed by atoms with E-state index >= 15 is 0 Å². The van der Waals surface area contributed by atoms with E-state index in [2.05, 4.69) is 9.97 Å². The van der Waals surface area contributed by atoms with Crippen LogP contribution in [0.4, 0.5) is 4.39 Å². The maximum atomic E-state index is 13.7. The van der Waals surface area contributed by atoms with E-state index < -0.39 is 17.7 Å². The lowest BCUT2D eigenvalue weighted by atomic mass is 10.0. The molecule has 3 aromatic rings. The third-order valence-electron chi connectivity index (χ3n) is 4.97. The van der Waals surface area contributed by atoms with Crippen LogP contribution in [0.5, 0.6) is 0 Å². The number of aryl methyl sites for hydroxylation is 1. The van der Waals surface area contributed by atoms with Gasteiger partial charge in [-0.25, -0.2) is 9.18 Å². The van der Waals surface area contributed by atoms with Gasteiger partial charge in [-0.05, 0) is 56.7 Å². The average Bonchev–Trinajstić information content (AvgIpc) is 3.07. The van der Waals surface area contributed by atoms with E-state index in [1.807, 2.05) is 0 Å². The number of hydrogen-bond donors (Lipinski definition) is 1. The quantitative estimate of drug-likeness (QED) is 0.427. The fourth-order valence-electron chi connectivity index (χ4n) is 3.52. The molecule has 0 unspecified atom stereocenters. The molecule has 0 aliphatic carbocycles. The highest BCUT2D eigenvalue weighted by Crippen LogP contribution is 2.21. The van der Waals surface area contributed by atoms with Crippen molar-refractivity contribution >= 4 is 17.7 Å². The van der Waals surface area contributed by atoms with Crippen molar-refractivity contribution in [1.82, 2.24) is 14.9 Å². The highest BCUT2D eigenvalue weighted by molar-refractivity contribution is 6.05.